The summed E-state index contributed by atoms with van der Waals surface area (Å²) in [5, 5.41) is 2.90. The van der Waals surface area contributed by atoms with Crippen LogP contribution >= 0.6 is 0 Å². The van der Waals surface area contributed by atoms with Crippen molar-refractivity contribution in [3.8, 4) is 5.75 Å². The van der Waals surface area contributed by atoms with Crippen molar-refractivity contribution < 1.29 is 13.9 Å². The van der Waals surface area contributed by atoms with Gasteiger partial charge in [0.05, 0.1) is 6.61 Å². The first-order valence-corrected chi connectivity index (χ1v) is 7.91. The van der Waals surface area contributed by atoms with E-state index in [0.717, 1.165) is 42.6 Å². The van der Waals surface area contributed by atoms with Gasteiger partial charge >= 0.3 is 5.91 Å². The molecule has 0 radical (unpaired) electrons. The van der Waals surface area contributed by atoms with Gasteiger partial charge in [0, 0.05) is 24.0 Å². The fourth-order valence-electron chi connectivity index (χ4n) is 2.87. The fraction of sp³-hybridized carbons (Fsp3) is 0.471. The number of rotatable bonds is 4. The summed E-state index contributed by atoms with van der Waals surface area (Å²) in [7, 11) is 0. The number of nitrogens with zero attached hydrogens (tertiary/aromatic N) is 1. The van der Waals surface area contributed by atoms with Gasteiger partial charge in [-0.3, -0.25) is 10.2 Å². The number of carbonyl (C=O) groups is 1. The molecule has 118 valence electrons. The molecule has 3 rings (SSSR count). The number of fused-ring (bicyclic) bond motifs is 1. The van der Waals surface area contributed by atoms with Gasteiger partial charge in [-0.05, 0) is 44.9 Å². The lowest BCUT2D eigenvalue weighted by Gasteiger charge is -2.26. The van der Waals surface area contributed by atoms with Crippen molar-refractivity contribution in [1.29, 1.82) is 0 Å². The Kier molecular flexibility index (Phi) is 4.34. The van der Waals surface area contributed by atoms with Crippen LogP contribution in [0.25, 0.3) is 11.0 Å². The molecule has 5 nitrogen and oxygen atoms in total. The first kappa shape index (κ1) is 14.9. The number of aryl methyl sites for hydroxylation is 1. The third kappa shape index (κ3) is 2.95. The average Bonchev–Trinajstić information content (AvgIpc) is 2.86. The quantitative estimate of drug-likeness (QED) is 0.941. The lowest BCUT2D eigenvalue weighted by molar-refractivity contribution is 0.0722. The molecule has 0 saturated carbocycles. The Hall–Kier alpha value is -2.01. The molecule has 0 spiro atoms. The van der Waals surface area contributed by atoms with Crippen molar-refractivity contribution in [3.63, 3.8) is 0 Å². The van der Waals surface area contributed by atoms with Gasteiger partial charge in [0.2, 0.25) is 0 Å². The van der Waals surface area contributed by atoms with E-state index in [9.17, 15) is 4.79 Å². The number of hydrogen-bond donors (Lipinski definition) is 1. The standard InChI is InChI=1S/C17H22N2O3/c1-3-21-13-7-8-15-14(11-13)12(2)16(22-15)17(20)18-19-9-5-4-6-10-19/h7-8,11H,3-6,9-10H2,1-2H3,(H,18,20). The molecule has 1 aromatic heterocycles. The van der Waals surface area contributed by atoms with E-state index in [4.69, 9.17) is 9.15 Å². The van der Waals surface area contributed by atoms with Gasteiger partial charge in [0.25, 0.3) is 0 Å². The molecule has 2 aromatic rings. The van der Waals surface area contributed by atoms with Crippen LogP contribution in [0.3, 0.4) is 0 Å². The Morgan fingerprint density at radius 2 is 2.09 bits per heavy atom. The largest absolute Gasteiger partial charge is 0.494 e. The maximum atomic E-state index is 12.4. The topological polar surface area (TPSA) is 54.7 Å². The minimum atomic E-state index is -0.173. The smallest absolute Gasteiger partial charge is 0.301 e. The second kappa shape index (κ2) is 6.40. The summed E-state index contributed by atoms with van der Waals surface area (Å²) in [5.41, 5.74) is 4.51. The Balaban J connectivity index is 1.83. The summed E-state index contributed by atoms with van der Waals surface area (Å²) in [4.78, 5) is 12.4. The van der Waals surface area contributed by atoms with Crippen LogP contribution in [0.2, 0.25) is 0 Å². The molecule has 0 bridgehead atoms. The van der Waals surface area contributed by atoms with Gasteiger partial charge in [-0.1, -0.05) is 6.42 Å². The van der Waals surface area contributed by atoms with Gasteiger partial charge in [-0.15, -0.1) is 0 Å². The van der Waals surface area contributed by atoms with Crippen molar-refractivity contribution in [3.05, 3.63) is 29.5 Å². The third-order valence-electron chi connectivity index (χ3n) is 4.04. The maximum absolute atomic E-state index is 12.4. The van der Waals surface area contributed by atoms with Crippen LogP contribution in [0, 0.1) is 6.92 Å². The third-order valence-corrected chi connectivity index (χ3v) is 4.04. The van der Waals surface area contributed by atoms with E-state index in [1.54, 1.807) is 0 Å². The first-order valence-electron chi connectivity index (χ1n) is 7.91. The lowest BCUT2D eigenvalue weighted by atomic mass is 10.1. The molecule has 1 aliphatic heterocycles. The monoisotopic (exact) mass is 302 g/mol. The first-order chi connectivity index (χ1) is 10.7. The minimum absolute atomic E-state index is 0.173. The van der Waals surface area contributed by atoms with Crippen LogP contribution in [0.5, 0.6) is 5.75 Å². The summed E-state index contributed by atoms with van der Waals surface area (Å²) < 4.78 is 11.3. The molecule has 1 N–H and O–H groups in total. The predicted octanol–water partition coefficient (Wildman–Crippen LogP) is 3.27. The summed E-state index contributed by atoms with van der Waals surface area (Å²) in [6.07, 6.45) is 3.48. The van der Waals surface area contributed by atoms with Gasteiger partial charge in [0.1, 0.15) is 11.3 Å². The molecule has 1 amide bonds. The van der Waals surface area contributed by atoms with Crippen LogP contribution in [-0.2, 0) is 0 Å². The highest BCUT2D eigenvalue weighted by molar-refractivity contribution is 5.99. The van der Waals surface area contributed by atoms with Crippen LogP contribution in [0.15, 0.2) is 22.6 Å². The van der Waals surface area contributed by atoms with E-state index in [1.807, 2.05) is 37.1 Å². The lowest BCUT2D eigenvalue weighted by Crippen LogP contribution is -2.45. The number of carbonyl (C=O) groups excluding carboxylic acids is 1. The number of nitrogens with one attached hydrogen (secondary N) is 1. The van der Waals surface area contributed by atoms with Gasteiger partial charge < -0.3 is 9.15 Å². The molecule has 2 heterocycles. The van der Waals surface area contributed by atoms with Gasteiger partial charge in [-0.2, -0.15) is 0 Å². The van der Waals surface area contributed by atoms with Crippen molar-refractivity contribution in [1.82, 2.24) is 10.4 Å². The number of hydrazine groups is 1. The molecule has 5 heteroatoms. The number of ether oxygens (including phenoxy) is 1. The zero-order valence-corrected chi connectivity index (χ0v) is 13.1. The SMILES string of the molecule is CCOc1ccc2oc(C(=O)NN3CCCCC3)c(C)c2c1. The van der Waals surface area contributed by atoms with E-state index in [1.165, 1.54) is 6.42 Å². The van der Waals surface area contributed by atoms with Crippen LogP contribution in [0.1, 0.15) is 42.3 Å². The summed E-state index contributed by atoms with van der Waals surface area (Å²) >= 11 is 0. The Bertz CT molecular complexity index is 672. The number of piperidine rings is 1. The van der Waals surface area contributed by atoms with E-state index in [-0.39, 0.29) is 5.91 Å². The summed E-state index contributed by atoms with van der Waals surface area (Å²) in [6.45, 7) is 6.28. The van der Waals surface area contributed by atoms with Crippen molar-refractivity contribution in [2.75, 3.05) is 19.7 Å². The molecular formula is C17H22N2O3. The molecule has 22 heavy (non-hydrogen) atoms. The minimum Gasteiger partial charge on any atom is -0.494 e. The summed E-state index contributed by atoms with van der Waals surface area (Å²) in [6, 6.07) is 5.64. The van der Waals surface area contributed by atoms with E-state index in [2.05, 4.69) is 5.43 Å². The van der Waals surface area contributed by atoms with Crippen LogP contribution in [-0.4, -0.2) is 30.6 Å². The Labute approximate surface area is 130 Å². The zero-order chi connectivity index (χ0) is 15.5. The highest BCUT2D eigenvalue weighted by Gasteiger charge is 2.21. The molecular weight excluding hydrogens is 280 g/mol. The number of amides is 1. The van der Waals surface area contributed by atoms with Crippen LogP contribution in [0.4, 0.5) is 0 Å². The second-order valence-corrected chi connectivity index (χ2v) is 5.64. The Morgan fingerprint density at radius 1 is 1.32 bits per heavy atom. The number of furan rings is 1. The van der Waals surface area contributed by atoms with Crippen molar-refractivity contribution >= 4 is 16.9 Å². The molecule has 1 saturated heterocycles. The average molecular weight is 302 g/mol. The highest BCUT2D eigenvalue weighted by atomic mass is 16.5. The van der Waals surface area contributed by atoms with E-state index in [0.29, 0.717) is 18.0 Å². The van der Waals surface area contributed by atoms with E-state index >= 15 is 0 Å². The van der Waals surface area contributed by atoms with Crippen molar-refractivity contribution in [2.24, 2.45) is 0 Å². The number of benzene rings is 1. The van der Waals surface area contributed by atoms with Crippen LogP contribution < -0.4 is 10.2 Å². The van der Waals surface area contributed by atoms with Crippen molar-refractivity contribution in [2.45, 2.75) is 33.1 Å². The molecule has 0 atom stereocenters. The zero-order valence-electron chi connectivity index (χ0n) is 13.1. The molecule has 1 fully saturated rings. The fourth-order valence-corrected chi connectivity index (χ4v) is 2.87. The molecule has 0 unspecified atom stereocenters. The van der Waals surface area contributed by atoms with Gasteiger partial charge in [0.15, 0.2) is 5.76 Å². The Morgan fingerprint density at radius 3 is 2.82 bits per heavy atom. The normalized spacial score (nSPS) is 15.9. The number of hydrogen-bond acceptors (Lipinski definition) is 4. The van der Waals surface area contributed by atoms with E-state index < -0.39 is 0 Å². The second-order valence-electron chi connectivity index (χ2n) is 5.64. The maximum Gasteiger partial charge on any atom is 0.301 e. The predicted molar refractivity (Wildman–Crippen MR) is 85.0 cm³/mol. The highest BCUT2D eigenvalue weighted by Crippen LogP contribution is 2.29. The molecule has 0 aliphatic carbocycles. The molecule has 1 aromatic carbocycles. The molecule has 1 aliphatic rings. The van der Waals surface area contributed by atoms with Gasteiger partial charge in [-0.25, -0.2) is 5.01 Å². The summed E-state index contributed by atoms with van der Waals surface area (Å²) in [5.74, 6) is 1.00.